The first-order valence-corrected chi connectivity index (χ1v) is 5.84. The summed E-state index contributed by atoms with van der Waals surface area (Å²) in [5, 5.41) is 3.46. The first kappa shape index (κ1) is 10.5. The SMILES string of the molecule is CC(c1ccccc1N)C1CCCNC1. The highest BCUT2D eigenvalue weighted by Crippen LogP contribution is 2.31. The van der Waals surface area contributed by atoms with Crippen molar-refractivity contribution in [1.29, 1.82) is 0 Å². The molecule has 3 N–H and O–H groups in total. The lowest BCUT2D eigenvalue weighted by Gasteiger charge is -2.29. The molecule has 2 unspecified atom stereocenters. The van der Waals surface area contributed by atoms with Crippen LogP contribution in [-0.2, 0) is 0 Å². The molecule has 0 aromatic heterocycles. The van der Waals surface area contributed by atoms with E-state index in [0.717, 1.165) is 18.2 Å². The molecule has 2 atom stereocenters. The molecule has 0 amide bonds. The van der Waals surface area contributed by atoms with Gasteiger partial charge in [-0.15, -0.1) is 0 Å². The van der Waals surface area contributed by atoms with Gasteiger partial charge < -0.3 is 11.1 Å². The van der Waals surface area contributed by atoms with Crippen LogP contribution in [0.25, 0.3) is 0 Å². The van der Waals surface area contributed by atoms with Gasteiger partial charge in [-0.3, -0.25) is 0 Å². The summed E-state index contributed by atoms with van der Waals surface area (Å²) in [7, 11) is 0. The number of piperidine rings is 1. The Morgan fingerprint density at radius 1 is 1.40 bits per heavy atom. The highest BCUT2D eigenvalue weighted by atomic mass is 14.9. The molecule has 0 saturated carbocycles. The fourth-order valence-corrected chi connectivity index (χ4v) is 2.49. The zero-order chi connectivity index (χ0) is 10.7. The minimum Gasteiger partial charge on any atom is -0.398 e. The Hall–Kier alpha value is -1.02. The van der Waals surface area contributed by atoms with Crippen LogP contribution in [0.15, 0.2) is 24.3 Å². The van der Waals surface area contributed by atoms with E-state index in [2.05, 4.69) is 24.4 Å². The Labute approximate surface area is 91.9 Å². The highest BCUT2D eigenvalue weighted by molar-refractivity contribution is 5.48. The summed E-state index contributed by atoms with van der Waals surface area (Å²) in [6.45, 7) is 4.60. The van der Waals surface area contributed by atoms with E-state index in [0.29, 0.717) is 5.92 Å². The lowest BCUT2D eigenvalue weighted by atomic mass is 9.82. The largest absolute Gasteiger partial charge is 0.398 e. The summed E-state index contributed by atoms with van der Waals surface area (Å²) >= 11 is 0. The van der Waals surface area contributed by atoms with Gasteiger partial charge in [-0.25, -0.2) is 0 Å². The maximum atomic E-state index is 6.01. The second-order valence-corrected chi connectivity index (χ2v) is 4.52. The van der Waals surface area contributed by atoms with Crippen molar-refractivity contribution in [2.75, 3.05) is 18.8 Å². The molecule has 82 valence electrons. The molecule has 1 saturated heterocycles. The van der Waals surface area contributed by atoms with E-state index in [1.807, 2.05) is 12.1 Å². The fraction of sp³-hybridized carbons (Fsp3) is 0.538. The van der Waals surface area contributed by atoms with Gasteiger partial charge in [0.2, 0.25) is 0 Å². The summed E-state index contributed by atoms with van der Waals surface area (Å²) < 4.78 is 0. The van der Waals surface area contributed by atoms with E-state index < -0.39 is 0 Å². The average Bonchev–Trinajstić information content (AvgIpc) is 2.30. The van der Waals surface area contributed by atoms with Crippen LogP contribution in [0.4, 0.5) is 5.69 Å². The monoisotopic (exact) mass is 204 g/mol. The Kier molecular flexibility index (Phi) is 3.27. The number of hydrogen-bond donors (Lipinski definition) is 2. The first-order chi connectivity index (χ1) is 7.29. The molecule has 0 spiro atoms. The van der Waals surface area contributed by atoms with Gasteiger partial charge in [0.1, 0.15) is 0 Å². The van der Waals surface area contributed by atoms with Gasteiger partial charge >= 0.3 is 0 Å². The lowest BCUT2D eigenvalue weighted by Crippen LogP contribution is -2.32. The van der Waals surface area contributed by atoms with Crippen molar-refractivity contribution in [1.82, 2.24) is 5.32 Å². The zero-order valence-corrected chi connectivity index (χ0v) is 9.37. The molecule has 2 rings (SSSR count). The lowest BCUT2D eigenvalue weighted by molar-refractivity contribution is 0.335. The molecule has 0 radical (unpaired) electrons. The van der Waals surface area contributed by atoms with E-state index >= 15 is 0 Å². The van der Waals surface area contributed by atoms with E-state index in [4.69, 9.17) is 5.73 Å². The van der Waals surface area contributed by atoms with Crippen molar-refractivity contribution in [3.8, 4) is 0 Å². The molecule has 0 aliphatic carbocycles. The summed E-state index contributed by atoms with van der Waals surface area (Å²) in [6, 6.07) is 8.25. The number of nitrogen functional groups attached to an aromatic ring is 1. The topological polar surface area (TPSA) is 38.0 Å². The Morgan fingerprint density at radius 2 is 2.20 bits per heavy atom. The van der Waals surface area contributed by atoms with Crippen LogP contribution in [-0.4, -0.2) is 13.1 Å². The molecule has 2 heteroatoms. The number of para-hydroxylation sites is 1. The van der Waals surface area contributed by atoms with Crippen molar-refractivity contribution in [2.24, 2.45) is 5.92 Å². The molecule has 15 heavy (non-hydrogen) atoms. The zero-order valence-electron chi connectivity index (χ0n) is 9.37. The fourth-order valence-electron chi connectivity index (χ4n) is 2.49. The molecule has 2 nitrogen and oxygen atoms in total. The Balaban J connectivity index is 2.12. The summed E-state index contributed by atoms with van der Waals surface area (Å²) in [4.78, 5) is 0. The predicted molar refractivity (Wildman–Crippen MR) is 64.9 cm³/mol. The maximum absolute atomic E-state index is 6.01. The van der Waals surface area contributed by atoms with Crippen LogP contribution in [0.5, 0.6) is 0 Å². The third kappa shape index (κ3) is 2.32. The summed E-state index contributed by atoms with van der Waals surface area (Å²) in [5.41, 5.74) is 8.26. The summed E-state index contributed by atoms with van der Waals surface area (Å²) in [5.74, 6) is 1.31. The third-order valence-corrected chi connectivity index (χ3v) is 3.53. The van der Waals surface area contributed by atoms with Gasteiger partial charge in [0, 0.05) is 5.69 Å². The van der Waals surface area contributed by atoms with Gasteiger partial charge in [0.25, 0.3) is 0 Å². The van der Waals surface area contributed by atoms with Gasteiger partial charge in [0.05, 0.1) is 0 Å². The number of hydrogen-bond acceptors (Lipinski definition) is 2. The van der Waals surface area contributed by atoms with Crippen LogP contribution in [0.1, 0.15) is 31.2 Å². The standard InChI is InChI=1S/C13H20N2/c1-10(11-5-4-8-15-9-11)12-6-2-3-7-13(12)14/h2-3,6-7,10-11,15H,4-5,8-9,14H2,1H3. The van der Waals surface area contributed by atoms with E-state index in [1.165, 1.54) is 24.9 Å². The van der Waals surface area contributed by atoms with Gasteiger partial charge in [-0.05, 0) is 49.4 Å². The van der Waals surface area contributed by atoms with Crippen LogP contribution in [0.2, 0.25) is 0 Å². The molecule has 1 fully saturated rings. The number of nitrogens with one attached hydrogen (secondary N) is 1. The van der Waals surface area contributed by atoms with Gasteiger partial charge in [0.15, 0.2) is 0 Å². The van der Waals surface area contributed by atoms with Crippen molar-refractivity contribution < 1.29 is 0 Å². The van der Waals surface area contributed by atoms with Crippen molar-refractivity contribution >= 4 is 5.69 Å². The number of rotatable bonds is 2. The highest BCUT2D eigenvalue weighted by Gasteiger charge is 2.22. The van der Waals surface area contributed by atoms with Crippen molar-refractivity contribution in [2.45, 2.75) is 25.7 Å². The maximum Gasteiger partial charge on any atom is 0.0349 e. The van der Waals surface area contributed by atoms with Crippen LogP contribution in [0, 0.1) is 5.92 Å². The van der Waals surface area contributed by atoms with Crippen molar-refractivity contribution in [3.05, 3.63) is 29.8 Å². The predicted octanol–water partition coefficient (Wildman–Crippen LogP) is 2.37. The van der Waals surface area contributed by atoms with Crippen LogP contribution in [0.3, 0.4) is 0 Å². The quantitative estimate of drug-likeness (QED) is 0.726. The molecule has 0 bridgehead atoms. The number of benzene rings is 1. The number of anilines is 1. The smallest absolute Gasteiger partial charge is 0.0349 e. The molecule has 1 aromatic rings. The molecule has 1 heterocycles. The third-order valence-electron chi connectivity index (χ3n) is 3.53. The van der Waals surface area contributed by atoms with E-state index in [9.17, 15) is 0 Å². The van der Waals surface area contributed by atoms with E-state index in [-0.39, 0.29) is 0 Å². The summed E-state index contributed by atoms with van der Waals surface area (Å²) in [6.07, 6.45) is 2.62. The van der Waals surface area contributed by atoms with E-state index in [1.54, 1.807) is 0 Å². The number of nitrogens with two attached hydrogens (primary N) is 1. The van der Waals surface area contributed by atoms with Crippen LogP contribution >= 0.6 is 0 Å². The molecule has 1 aromatic carbocycles. The Bertz CT molecular complexity index is 316. The first-order valence-electron chi connectivity index (χ1n) is 5.84. The average molecular weight is 204 g/mol. The molecular weight excluding hydrogens is 184 g/mol. The second kappa shape index (κ2) is 4.67. The van der Waals surface area contributed by atoms with Crippen molar-refractivity contribution in [3.63, 3.8) is 0 Å². The van der Waals surface area contributed by atoms with Crippen LogP contribution < -0.4 is 11.1 Å². The van der Waals surface area contributed by atoms with Gasteiger partial charge in [-0.1, -0.05) is 25.1 Å². The molecule has 1 aliphatic rings. The molecule has 1 aliphatic heterocycles. The second-order valence-electron chi connectivity index (χ2n) is 4.52. The van der Waals surface area contributed by atoms with Gasteiger partial charge in [-0.2, -0.15) is 0 Å². The minimum absolute atomic E-state index is 0.569. The normalized spacial score (nSPS) is 23.7. The molecular formula is C13H20N2. The Morgan fingerprint density at radius 3 is 2.87 bits per heavy atom. The minimum atomic E-state index is 0.569.